The van der Waals surface area contributed by atoms with E-state index in [0.29, 0.717) is 5.52 Å². The van der Waals surface area contributed by atoms with Crippen LogP contribution in [0.3, 0.4) is 0 Å². The monoisotopic (exact) mass is 313 g/mol. The molecule has 0 radical (unpaired) electrons. The molecule has 22 heavy (non-hydrogen) atoms. The average molecular weight is 313 g/mol. The van der Waals surface area contributed by atoms with Gasteiger partial charge in [-0.2, -0.15) is 0 Å². The van der Waals surface area contributed by atoms with E-state index < -0.39 is 0 Å². The van der Waals surface area contributed by atoms with Gasteiger partial charge in [0.05, 0.1) is 12.1 Å². The SMILES string of the molecule is Cn1c(CN2CCCCC2)nc2c(=O)sc3ccccc3c21. The fourth-order valence-electron chi connectivity index (χ4n) is 3.35. The van der Waals surface area contributed by atoms with Crippen LogP contribution in [0, 0.1) is 0 Å². The van der Waals surface area contributed by atoms with Gasteiger partial charge in [0, 0.05) is 17.1 Å². The van der Waals surface area contributed by atoms with Crippen molar-refractivity contribution in [2.75, 3.05) is 13.1 Å². The van der Waals surface area contributed by atoms with E-state index in [1.807, 2.05) is 25.2 Å². The number of benzene rings is 1. The van der Waals surface area contributed by atoms with E-state index in [2.05, 4.69) is 20.5 Å². The fourth-order valence-corrected chi connectivity index (χ4v) is 4.21. The number of likely N-dealkylation sites (tertiary alicyclic amines) is 1. The number of piperidine rings is 1. The van der Waals surface area contributed by atoms with Crippen molar-refractivity contribution in [1.82, 2.24) is 14.5 Å². The molecular weight excluding hydrogens is 294 g/mol. The first-order valence-electron chi connectivity index (χ1n) is 7.83. The van der Waals surface area contributed by atoms with Gasteiger partial charge < -0.3 is 4.57 Å². The van der Waals surface area contributed by atoms with Gasteiger partial charge >= 0.3 is 0 Å². The minimum atomic E-state index is 0.0641. The molecule has 1 aliphatic heterocycles. The van der Waals surface area contributed by atoms with E-state index in [-0.39, 0.29) is 4.74 Å². The lowest BCUT2D eigenvalue weighted by molar-refractivity contribution is 0.214. The molecule has 1 aromatic carbocycles. The van der Waals surface area contributed by atoms with Crippen LogP contribution in [0.25, 0.3) is 21.1 Å². The molecule has 0 spiro atoms. The summed E-state index contributed by atoms with van der Waals surface area (Å²) in [7, 11) is 2.03. The van der Waals surface area contributed by atoms with Crippen LogP contribution in [-0.2, 0) is 13.6 Å². The zero-order chi connectivity index (χ0) is 15.1. The van der Waals surface area contributed by atoms with Gasteiger partial charge in [-0.15, -0.1) is 0 Å². The Morgan fingerprint density at radius 2 is 1.95 bits per heavy atom. The van der Waals surface area contributed by atoms with E-state index in [9.17, 15) is 4.79 Å². The number of hydrogen-bond donors (Lipinski definition) is 0. The third kappa shape index (κ3) is 2.25. The quantitative estimate of drug-likeness (QED) is 0.729. The van der Waals surface area contributed by atoms with Crippen molar-refractivity contribution in [3.8, 4) is 0 Å². The normalized spacial score (nSPS) is 16.6. The summed E-state index contributed by atoms with van der Waals surface area (Å²) in [4.78, 5) is 19.5. The third-order valence-corrected chi connectivity index (χ3v) is 5.49. The molecule has 114 valence electrons. The molecule has 0 bridgehead atoms. The zero-order valence-corrected chi connectivity index (χ0v) is 13.5. The Morgan fingerprint density at radius 3 is 2.77 bits per heavy atom. The summed E-state index contributed by atoms with van der Waals surface area (Å²) in [6.07, 6.45) is 3.86. The number of rotatable bonds is 2. The average Bonchev–Trinajstić information content (AvgIpc) is 2.87. The smallest absolute Gasteiger partial charge is 0.260 e. The summed E-state index contributed by atoms with van der Waals surface area (Å²) in [5, 5.41) is 1.13. The van der Waals surface area contributed by atoms with Crippen LogP contribution in [-0.4, -0.2) is 27.5 Å². The first-order chi connectivity index (χ1) is 10.7. The Hall–Kier alpha value is -1.72. The van der Waals surface area contributed by atoms with Crippen LogP contribution in [0.2, 0.25) is 0 Å². The maximum Gasteiger partial charge on any atom is 0.260 e. The van der Waals surface area contributed by atoms with Gasteiger partial charge in [-0.3, -0.25) is 9.69 Å². The van der Waals surface area contributed by atoms with E-state index in [0.717, 1.165) is 41.1 Å². The molecule has 0 N–H and O–H groups in total. The van der Waals surface area contributed by atoms with E-state index in [1.54, 1.807) is 0 Å². The molecule has 3 aromatic rings. The van der Waals surface area contributed by atoms with Crippen molar-refractivity contribution in [2.24, 2.45) is 7.05 Å². The second-order valence-electron chi connectivity index (χ2n) is 6.01. The van der Waals surface area contributed by atoms with Crippen LogP contribution in [0.15, 0.2) is 29.1 Å². The topological polar surface area (TPSA) is 38.1 Å². The summed E-state index contributed by atoms with van der Waals surface area (Å²) in [6, 6.07) is 8.10. The number of hydrogen-bond acceptors (Lipinski definition) is 4. The summed E-state index contributed by atoms with van der Waals surface area (Å²) < 4.78 is 3.21. The first-order valence-corrected chi connectivity index (χ1v) is 8.65. The highest BCUT2D eigenvalue weighted by molar-refractivity contribution is 7.16. The van der Waals surface area contributed by atoms with Crippen LogP contribution in [0.5, 0.6) is 0 Å². The van der Waals surface area contributed by atoms with Crippen LogP contribution < -0.4 is 4.74 Å². The van der Waals surface area contributed by atoms with E-state index in [4.69, 9.17) is 0 Å². The lowest BCUT2D eigenvalue weighted by atomic mass is 10.1. The van der Waals surface area contributed by atoms with Crippen molar-refractivity contribution >= 4 is 32.5 Å². The van der Waals surface area contributed by atoms with Gasteiger partial charge in [0.2, 0.25) is 0 Å². The molecule has 4 nitrogen and oxygen atoms in total. The van der Waals surface area contributed by atoms with E-state index >= 15 is 0 Å². The lowest BCUT2D eigenvalue weighted by Gasteiger charge is -2.25. The van der Waals surface area contributed by atoms with Crippen LogP contribution in [0.1, 0.15) is 25.1 Å². The van der Waals surface area contributed by atoms with Crippen molar-refractivity contribution in [1.29, 1.82) is 0 Å². The van der Waals surface area contributed by atoms with Crippen molar-refractivity contribution in [2.45, 2.75) is 25.8 Å². The third-order valence-electron chi connectivity index (χ3n) is 4.54. The molecule has 0 atom stereocenters. The molecule has 0 aliphatic carbocycles. The highest BCUT2D eigenvalue weighted by atomic mass is 32.1. The standard InChI is InChI=1S/C17H19N3OS/c1-19-14(11-20-9-5-2-6-10-20)18-15-16(19)12-7-3-4-8-13(12)22-17(15)21/h3-4,7-8H,2,5-6,9-11H2,1H3. The lowest BCUT2D eigenvalue weighted by Crippen LogP contribution is -2.30. The maximum atomic E-state index is 12.4. The molecule has 1 fully saturated rings. The highest BCUT2D eigenvalue weighted by Crippen LogP contribution is 2.26. The minimum absolute atomic E-state index is 0.0641. The maximum absolute atomic E-state index is 12.4. The predicted octanol–water partition coefficient (Wildman–Crippen LogP) is 3.13. The fraction of sp³-hybridized carbons (Fsp3) is 0.412. The van der Waals surface area contributed by atoms with Crippen LogP contribution >= 0.6 is 11.3 Å². The minimum Gasteiger partial charge on any atom is -0.329 e. The summed E-state index contributed by atoms with van der Waals surface area (Å²) in [5.41, 5.74) is 1.60. The Morgan fingerprint density at radius 1 is 1.18 bits per heavy atom. The Bertz CT molecular complexity index is 890. The predicted molar refractivity (Wildman–Crippen MR) is 91.5 cm³/mol. The molecule has 1 aliphatic rings. The summed E-state index contributed by atoms with van der Waals surface area (Å²) in [6.45, 7) is 3.11. The van der Waals surface area contributed by atoms with Gasteiger partial charge in [-0.05, 0) is 32.0 Å². The van der Waals surface area contributed by atoms with Gasteiger partial charge in [-0.1, -0.05) is 36.0 Å². The molecule has 4 rings (SSSR count). The zero-order valence-electron chi connectivity index (χ0n) is 12.7. The van der Waals surface area contributed by atoms with Crippen molar-refractivity contribution < 1.29 is 0 Å². The molecular formula is C17H19N3OS. The van der Waals surface area contributed by atoms with Gasteiger partial charge in [0.15, 0.2) is 0 Å². The summed E-state index contributed by atoms with van der Waals surface area (Å²) >= 11 is 1.29. The molecule has 0 amide bonds. The molecule has 0 saturated carbocycles. The molecule has 0 unspecified atom stereocenters. The highest BCUT2D eigenvalue weighted by Gasteiger charge is 2.18. The van der Waals surface area contributed by atoms with Crippen LogP contribution in [0.4, 0.5) is 0 Å². The number of aromatic nitrogens is 2. The first kappa shape index (κ1) is 13.9. The van der Waals surface area contributed by atoms with Crippen molar-refractivity contribution in [3.05, 3.63) is 39.6 Å². The second-order valence-corrected chi connectivity index (χ2v) is 7.02. The second kappa shape index (κ2) is 5.48. The number of imidazole rings is 1. The Labute approximate surface area is 133 Å². The summed E-state index contributed by atoms with van der Waals surface area (Å²) in [5.74, 6) is 0.998. The Balaban J connectivity index is 1.87. The number of nitrogens with zero attached hydrogens (tertiary/aromatic N) is 3. The largest absolute Gasteiger partial charge is 0.329 e. The van der Waals surface area contributed by atoms with E-state index in [1.165, 1.54) is 30.6 Å². The van der Waals surface area contributed by atoms with Gasteiger partial charge in [0.1, 0.15) is 11.3 Å². The van der Waals surface area contributed by atoms with Gasteiger partial charge in [-0.25, -0.2) is 4.98 Å². The Kier molecular flexibility index (Phi) is 3.47. The molecule has 5 heteroatoms. The number of aryl methyl sites for hydroxylation is 1. The van der Waals surface area contributed by atoms with Crippen molar-refractivity contribution in [3.63, 3.8) is 0 Å². The molecule has 3 heterocycles. The molecule has 1 saturated heterocycles. The molecule has 2 aromatic heterocycles. The number of fused-ring (bicyclic) bond motifs is 3. The van der Waals surface area contributed by atoms with Gasteiger partial charge in [0.25, 0.3) is 4.74 Å².